The summed E-state index contributed by atoms with van der Waals surface area (Å²) in [5.74, 6) is 0. The van der Waals surface area contributed by atoms with Crippen LogP contribution >= 0.6 is 0 Å². The molecular weight excluding hydrogens is 477 g/mol. The zero-order chi connectivity index (χ0) is 20.1. The summed E-state index contributed by atoms with van der Waals surface area (Å²) in [4.78, 5) is 0. The van der Waals surface area contributed by atoms with Gasteiger partial charge in [-0.2, -0.15) is 0 Å². The molecule has 0 unspecified atom stereocenters. The molecule has 0 amide bonds. The SMILES string of the molecule is CC[N](CC)[Ta]([N](CC)CC)([N](CC)CC)[N](C(C)(C)C)C(C)(C)C. The minimum atomic E-state index is -3.36. The van der Waals surface area contributed by atoms with E-state index in [0.717, 1.165) is 39.3 Å². The Hall–Kier alpha value is 0.580. The van der Waals surface area contributed by atoms with Crippen LogP contribution in [0.3, 0.4) is 0 Å². The van der Waals surface area contributed by atoms with Gasteiger partial charge in [-0.15, -0.1) is 0 Å². The van der Waals surface area contributed by atoms with Gasteiger partial charge in [0, 0.05) is 0 Å². The molecule has 0 aliphatic rings. The van der Waals surface area contributed by atoms with Gasteiger partial charge in [0.1, 0.15) is 0 Å². The van der Waals surface area contributed by atoms with Gasteiger partial charge in [-0.3, -0.25) is 0 Å². The van der Waals surface area contributed by atoms with Crippen molar-refractivity contribution in [1.29, 1.82) is 0 Å². The van der Waals surface area contributed by atoms with Crippen LogP contribution in [0, 0.1) is 0 Å². The Morgan fingerprint density at radius 1 is 0.480 bits per heavy atom. The van der Waals surface area contributed by atoms with Crippen molar-refractivity contribution in [2.75, 3.05) is 39.3 Å². The molecule has 0 saturated heterocycles. The average molecular weight is 526 g/mol. The molecule has 0 N–H and O–H groups in total. The van der Waals surface area contributed by atoms with E-state index >= 15 is 0 Å². The molecule has 0 heterocycles. The van der Waals surface area contributed by atoms with E-state index in [1.54, 1.807) is 0 Å². The van der Waals surface area contributed by atoms with E-state index in [4.69, 9.17) is 0 Å². The third kappa shape index (κ3) is 5.31. The molecule has 0 aromatic heterocycles. The normalized spacial score (nSPS) is 14.4. The quantitative estimate of drug-likeness (QED) is 0.409. The Bertz CT molecular complexity index is 316. The van der Waals surface area contributed by atoms with Crippen molar-refractivity contribution in [1.82, 2.24) is 13.2 Å². The van der Waals surface area contributed by atoms with E-state index in [-0.39, 0.29) is 11.1 Å². The second kappa shape index (κ2) is 10.2. The topological polar surface area (TPSA) is 13.0 Å². The first-order valence-corrected chi connectivity index (χ1v) is 16.1. The zero-order valence-electron chi connectivity index (χ0n) is 19.5. The van der Waals surface area contributed by atoms with E-state index in [1.807, 2.05) is 0 Å². The van der Waals surface area contributed by atoms with Gasteiger partial charge in [0.2, 0.25) is 0 Å². The summed E-state index contributed by atoms with van der Waals surface area (Å²) in [5, 5.41) is 0. The molecule has 0 aromatic rings. The monoisotopic (exact) mass is 525 g/mol. The first-order chi connectivity index (χ1) is 11.4. The summed E-state index contributed by atoms with van der Waals surface area (Å²) < 4.78 is 11.6. The molecule has 0 bridgehead atoms. The van der Waals surface area contributed by atoms with E-state index in [0.29, 0.717) is 0 Å². The van der Waals surface area contributed by atoms with Crippen LogP contribution in [-0.4, -0.2) is 63.6 Å². The Morgan fingerprint density at radius 3 is 0.800 bits per heavy atom. The van der Waals surface area contributed by atoms with Crippen molar-refractivity contribution in [3.63, 3.8) is 0 Å². The van der Waals surface area contributed by atoms with Crippen LogP contribution in [0.25, 0.3) is 0 Å². The predicted molar refractivity (Wildman–Crippen MR) is 110 cm³/mol. The first-order valence-electron chi connectivity index (χ1n) is 10.4. The summed E-state index contributed by atoms with van der Waals surface area (Å²) in [7, 11) is 0. The molecule has 0 fully saturated rings. The fourth-order valence-electron chi connectivity index (χ4n) is 4.54. The minimum absolute atomic E-state index is 0.129. The van der Waals surface area contributed by atoms with Crippen molar-refractivity contribution >= 4 is 0 Å². The molecule has 0 rings (SSSR count). The average Bonchev–Trinajstić information content (AvgIpc) is 2.47. The van der Waals surface area contributed by atoms with Crippen LogP contribution in [0.15, 0.2) is 0 Å². The molecule has 0 aliphatic heterocycles. The number of hydrogen-bond acceptors (Lipinski definition) is 4. The molecule has 0 aromatic carbocycles. The van der Waals surface area contributed by atoms with E-state index in [1.165, 1.54) is 0 Å². The van der Waals surface area contributed by atoms with Gasteiger partial charge in [0.05, 0.1) is 0 Å². The van der Waals surface area contributed by atoms with Crippen molar-refractivity contribution in [3.8, 4) is 0 Å². The Labute approximate surface area is 164 Å². The Morgan fingerprint density at radius 2 is 0.680 bits per heavy atom. The molecule has 5 heteroatoms. The van der Waals surface area contributed by atoms with Gasteiger partial charge in [0.15, 0.2) is 0 Å². The second-order valence-corrected chi connectivity index (χ2v) is 20.0. The van der Waals surface area contributed by atoms with Crippen molar-refractivity contribution in [2.45, 2.75) is 94.2 Å². The van der Waals surface area contributed by atoms with Crippen molar-refractivity contribution in [3.05, 3.63) is 0 Å². The zero-order valence-corrected chi connectivity index (χ0v) is 22.7. The molecule has 0 spiro atoms. The fraction of sp³-hybridized carbons (Fsp3) is 1.00. The first kappa shape index (κ1) is 25.6. The summed E-state index contributed by atoms with van der Waals surface area (Å²) >= 11 is -3.36. The molecular formula is C20H48N4Ta. The van der Waals surface area contributed by atoms with Crippen LogP contribution in [0.5, 0.6) is 0 Å². The van der Waals surface area contributed by atoms with Crippen LogP contribution < -0.4 is 0 Å². The second-order valence-electron chi connectivity index (χ2n) is 8.61. The van der Waals surface area contributed by atoms with E-state index < -0.39 is 18.2 Å². The molecule has 25 heavy (non-hydrogen) atoms. The van der Waals surface area contributed by atoms with Gasteiger partial charge in [0.25, 0.3) is 0 Å². The Kier molecular flexibility index (Phi) is 10.5. The van der Waals surface area contributed by atoms with Gasteiger partial charge in [-0.25, -0.2) is 0 Å². The van der Waals surface area contributed by atoms with Crippen LogP contribution in [0.1, 0.15) is 83.1 Å². The number of hydrogen-bond donors (Lipinski definition) is 0. The van der Waals surface area contributed by atoms with E-state index in [9.17, 15) is 0 Å². The van der Waals surface area contributed by atoms with Crippen LogP contribution in [0.2, 0.25) is 0 Å². The number of nitrogens with zero attached hydrogens (tertiary/aromatic N) is 4. The third-order valence-corrected chi connectivity index (χ3v) is 25.4. The van der Waals surface area contributed by atoms with Crippen molar-refractivity contribution in [2.24, 2.45) is 0 Å². The molecule has 0 atom stereocenters. The van der Waals surface area contributed by atoms with Gasteiger partial charge < -0.3 is 0 Å². The number of rotatable bonds is 10. The van der Waals surface area contributed by atoms with Gasteiger partial charge >= 0.3 is 165 Å². The molecule has 0 aliphatic carbocycles. The van der Waals surface area contributed by atoms with Crippen molar-refractivity contribution < 1.29 is 18.2 Å². The summed E-state index contributed by atoms with van der Waals surface area (Å²) in [5.41, 5.74) is 0.259. The maximum absolute atomic E-state index is 3.36. The standard InChI is InChI=1S/C8H18N.3C4H10N.Ta/c1-7(2,3)9-8(4,5)6;3*1-3-5-4-2;/h1-6H3;3*3-4H2,1-2H3;/q4*-1;+4. The van der Waals surface area contributed by atoms with Gasteiger partial charge in [-0.05, 0) is 0 Å². The molecule has 0 radical (unpaired) electrons. The van der Waals surface area contributed by atoms with Crippen LogP contribution in [0.4, 0.5) is 0 Å². The summed E-state index contributed by atoms with van der Waals surface area (Å²) in [6.45, 7) is 35.4. The third-order valence-electron chi connectivity index (χ3n) is 4.87. The van der Waals surface area contributed by atoms with E-state index in [2.05, 4.69) is 96.3 Å². The molecule has 4 nitrogen and oxygen atoms in total. The van der Waals surface area contributed by atoms with Crippen LogP contribution in [-0.2, 0) is 18.2 Å². The summed E-state index contributed by atoms with van der Waals surface area (Å²) in [6, 6.07) is 0. The fourth-order valence-corrected chi connectivity index (χ4v) is 25.1. The molecule has 153 valence electrons. The maximum atomic E-state index is 2.97. The Balaban J connectivity index is 6.99. The summed E-state index contributed by atoms with van der Waals surface area (Å²) in [6.07, 6.45) is 0. The van der Waals surface area contributed by atoms with Gasteiger partial charge in [-0.1, -0.05) is 0 Å². The predicted octanol–water partition coefficient (Wildman–Crippen LogP) is 4.72. The molecule has 0 saturated carbocycles.